The molecule has 0 aliphatic rings. The molecule has 0 saturated carbocycles. The van der Waals surface area contributed by atoms with Gasteiger partial charge in [0, 0.05) is 16.5 Å². The van der Waals surface area contributed by atoms with Gasteiger partial charge in [0.1, 0.15) is 5.75 Å². The van der Waals surface area contributed by atoms with Crippen molar-refractivity contribution in [2.75, 3.05) is 0 Å². The molecule has 1 aromatic rings. The van der Waals surface area contributed by atoms with E-state index in [9.17, 15) is 9.90 Å². The number of aliphatic carboxylic acids is 1. The molecule has 0 bridgehead atoms. The van der Waals surface area contributed by atoms with Gasteiger partial charge in [-0.2, -0.15) is 0 Å². The van der Waals surface area contributed by atoms with Crippen LogP contribution >= 0.6 is 15.9 Å². The van der Waals surface area contributed by atoms with Crippen molar-refractivity contribution in [3.8, 4) is 5.75 Å². The van der Waals surface area contributed by atoms with E-state index in [0.29, 0.717) is 12.0 Å². The third-order valence-corrected chi connectivity index (χ3v) is 3.10. The molecule has 0 aromatic heterocycles. The maximum Gasteiger partial charge on any atom is 0.303 e. The number of aryl methyl sites for hydroxylation is 1. The molecule has 3 nitrogen and oxygen atoms in total. The monoisotopic (exact) mass is 258 g/mol. The molecule has 0 spiro atoms. The summed E-state index contributed by atoms with van der Waals surface area (Å²) < 4.78 is 0.791. The first-order valence-electron chi connectivity index (χ1n) is 4.21. The van der Waals surface area contributed by atoms with Crippen LogP contribution in [0, 0.1) is 6.92 Å². The van der Waals surface area contributed by atoms with E-state index in [1.165, 1.54) is 0 Å². The van der Waals surface area contributed by atoms with Crippen LogP contribution in [0.25, 0.3) is 0 Å². The van der Waals surface area contributed by atoms with Crippen molar-refractivity contribution in [2.24, 2.45) is 0 Å². The highest BCUT2D eigenvalue weighted by Gasteiger charge is 2.09. The van der Waals surface area contributed by atoms with E-state index in [1.54, 1.807) is 12.1 Å². The molecule has 0 saturated heterocycles. The molecular weight excluding hydrogens is 248 g/mol. The Morgan fingerprint density at radius 2 is 2.14 bits per heavy atom. The second-order valence-corrected chi connectivity index (χ2v) is 3.88. The zero-order valence-electron chi connectivity index (χ0n) is 7.75. The van der Waals surface area contributed by atoms with Crippen LogP contribution in [-0.2, 0) is 11.2 Å². The first-order valence-corrected chi connectivity index (χ1v) is 5.00. The fourth-order valence-corrected chi connectivity index (χ4v) is 1.73. The van der Waals surface area contributed by atoms with E-state index in [1.807, 2.05) is 6.92 Å². The van der Waals surface area contributed by atoms with Gasteiger partial charge in [-0.15, -0.1) is 0 Å². The second-order valence-electron chi connectivity index (χ2n) is 3.09. The van der Waals surface area contributed by atoms with Crippen molar-refractivity contribution in [2.45, 2.75) is 19.8 Å². The molecule has 4 heteroatoms. The standard InChI is InChI=1S/C10H11BrO3/c1-6-2-4-8(12)7(10(6)11)3-5-9(13)14/h2,4,12H,3,5H2,1H3,(H,13,14). The summed E-state index contributed by atoms with van der Waals surface area (Å²) in [5.41, 5.74) is 1.65. The van der Waals surface area contributed by atoms with Gasteiger partial charge in [0.2, 0.25) is 0 Å². The molecule has 0 heterocycles. The number of hydrogen-bond acceptors (Lipinski definition) is 2. The Labute approximate surface area is 90.5 Å². The number of phenols is 1. The lowest BCUT2D eigenvalue weighted by atomic mass is 10.1. The predicted molar refractivity (Wildman–Crippen MR) is 56.5 cm³/mol. The van der Waals surface area contributed by atoms with Crippen LogP contribution in [0.3, 0.4) is 0 Å². The number of carbonyl (C=O) groups is 1. The van der Waals surface area contributed by atoms with E-state index < -0.39 is 5.97 Å². The summed E-state index contributed by atoms with van der Waals surface area (Å²) in [6.07, 6.45) is 0.360. The number of carboxylic acids is 1. The second kappa shape index (κ2) is 4.46. The highest BCUT2D eigenvalue weighted by atomic mass is 79.9. The number of benzene rings is 1. The van der Waals surface area contributed by atoms with Gasteiger partial charge < -0.3 is 10.2 Å². The number of hydrogen-bond donors (Lipinski definition) is 2. The van der Waals surface area contributed by atoms with Crippen LogP contribution in [-0.4, -0.2) is 16.2 Å². The van der Waals surface area contributed by atoms with Gasteiger partial charge in [0.05, 0.1) is 0 Å². The van der Waals surface area contributed by atoms with Crippen LogP contribution in [0.2, 0.25) is 0 Å². The van der Waals surface area contributed by atoms with Crippen molar-refractivity contribution in [1.82, 2.24) is 0 Å². The Morgan fingerprint density at radius 3 is 2.71 bits per heavy atom. The van der Waals surface area contributed by atoms with Crippen molar-refractivity contribution >= 4 is 21.9 Å². The van der Waals surface area contributed by atoms with Crippen LogP contribution in [0.5, 0.6) is 5.75 Å². The lowest BCUT2D eigenvalue weighted by Gasteiger charge is -2.08. The van der Waals surface area contributed by atoms with Crippen molar-refractivity contribution in [1.29, 1.82) is 0 Å². The van der Waals surface area contributed by atoms with Crippen LogP contribution in [0.1, 0.15) is 17.5 Å². The average Bonchev–Trinajstić information content (AvgIpc) is 2.11. The Bertz CT molecular complexity index is 361. The number of aromatic hydroxyl groups is 1. The molecule has 1 aromatic carbocycles. The summed E-state index contributed by atoms with van der Waals surface area (Å²) >= 11 is 3.33. The number of halogens is 1. The van der Waals surface area contributed by atoms with Gasteiger partial charge in [-0.3, -0.25) is 4.79 Å². The first kappa shape index (κ1) is 11.0. The smallest absolute Gasteiger partial charge is 0.303 e. The zero-order valence-corrected chi connectivity index (χ0v) is 9.34. The fraction of sp³-hybridized carbons (Fsp3) is 0.300. The summed E-state index contributed by atoms with van der Waals surface area (Å²) in [6.45, 7) is 1.90. The summed E-state index contributed by atoms with van der Waals surface area (Å²) in [6, 6.07) is 3.36. The predicted octanol–water partition coefficient (Wildman–Crippen LogP) is 2.48. The molecule has 0 aliphatic heterocycles. The third-order valence-electron chi connectivity index (χ3n) is 2.00. The number of carboxylic acid groups (broad SMARTS) is 1. The number of phenolic OH excluding ortho intramolecular Hbond substituents is 1. The quantitative estimate of drug-likeness (QED) is 0.876. The third kappa shape index (κ3) is 2.48. The number of rotatable bonds is 3. The normalized spacial score (nSPS) is 10.1. The molecule has 0 radical (unpaired) electrons. The molecule has 1 rings (SSSR count). The molecule has 0 unspecified atom stereocenters. The molecule has 14 heavy (non-hydrogen) atoms. The SMILES string of the molecule is Cc1ccc(O)c(CCC(=O)O)c1Br. The molecule has 0 fully saturated rings. The van der Waals surface area contributed by atoms with Crippen LogP contribution in [0.15, 0.2) is 16.6 Å². The van der Waals surface area contributed by atoms with Crippen molar-refractivity contribution in [3.05, 3.63) is 27.7 Å². The van der Waals surface area contributed by atoms with E-state index in [-0.39, 0.29) is 12.2 Å². The largest absolute Gasteiger partial charge is 0.508 e. The Morgan fingerprint density at radius 1 is 1.50 bits per heavy atom. The van der Waals surface area contributed by atoms with Gasteiger partial charge in [0.25, 0.3) is 0 Å². The maximum atomic E-state index is 10.4. The molecular formula is C10H11BrO3. The van der Waals surface area contributed by atoms with E-state index in [0.717, 1.165) is 10.0 Å². The van der Waals surface area contributed by atoms with Gasteiger partial charge in [0.15, 0.2) is 0 Å². The van der Waals surface area contributed by atoms with E-state index >= 15 is 0 Å². The van der Waals surface area contributed by atoms with Gasteiger partial charge >= 0.3 is 5.97 Å². The van der Waals surface area contributed by atoms with Crippen LogP contribution < -0.4 is 0 Å². The zero-order chi connectivity index (χ0) is 10.7. The summed E-state index contributed by atoms with van der Waals surface area (Å²) in [7, 11) is 0. The molecule has 0 atom stereocenters. The average molecular weight is 259 g/mol. The summed E-state index contributed by atoms with van der Waals surface area (Å²) in [5.74, 6) is -0.721. The molecule has 0 amide bonds. The minimum absolute atomic E-state index is 0.0234. The lowest BCUT2D eigenvalue weighted by molar-refractivity contribution is -0.136. The minimum atomic E-state index is -0.863. The Balaban J connectivity index is 2.95. The first-order chi connectivity index (χ1) is 6.52. The minimum Gasteiger partial charge on any atom is -0.508 e. The van der Waals surface area contributed by atoms with Gasteiger partial charge in [-0.25, -0.2) is 0 Å². The lowest BCUT2D eigenvalue weighted by Crippen LogP contribution is -1.99. The molecule has 76 valence electrons. The van der Waals surface area contributed by atoms with Crippen molar-refractivity contribution < 1.29 is 15.0 Å². The highest BCUT2D eigenvalue weighted by molar-refractivity contribution is 9.10. The topological polar surface area (TPSA) is 57.5 Å². The van der Waals surface area contributed by atoms with Gasteiger partial charge in [-0.05, 0) is 25.0 Å². The van der Waals surface area contributed by atoms with Crippen molar-refractivity contribution in [3.63, 3.8) is 0 Å². The highest BCUT2D eigenvalue weighted by Crippen LogP contribution is 2.30. The van der Waals surface area contributed by atoms with E-state index in [4.69, 9.17) is 5.11 Å². The van der Waals surface area contributed by atoms with Gasteiger partial charge in [-0.1, -0.05) is 22.0 Å². The summed E-state index contributed by atoms with van der Waals surface area (Å²) in [5, 5.41) is 18.0. The van der Waals surface area contributed by atoms with E-state index in [2.05, 4.69) is 15.9 Å². The summed E-state index contributed by atoms with van der Waals surface area (Å²) in [4.78, 5) is 10.4. The maximum absolute atomic E-state index is 10.4. The fourth-order valence-electron chi connectivity index (χ4n) is 1.20. The molecule has 0 aliphatic carbocycles. The Hall–Kier alpha value is -1.03. The Kier molecular flexibility index (Phi) is 3.52. The molecule has 2 N–H and O–H groups in total. The van der Waals surface area contributed by atoms with Crippen LogP contribution in [0.4, 0.5) is 0 Å².